The van der Waals surface area contributed by atoms with E-state index in [2.05, 4.69) is 19.1 Å². The lowest BCUT2D eigenvalue weighted by molar-refractivity contribution is -0.106. The number of ether oxygens (including phenoxy) is 1. The first kappa shape index (κ1) is 16.6. The Labute approximate surface area is 142 Å². The minimum atomic E-state index is -0.491. The van der Waals surface area contributed by atoms with Crippen molar-refractivity contribution in [2.45, 2.75) is 57.3 Å². The molecule has 1 N–H and O–H groups in total. The second kappa shape index (κ2) is 5.99. The number of aliphatic hydroxyl groups excluding tert-OH is 1. The molecule has 0 bridgehead atoms. The Hall–Kier alpha value is -1.26. The summed E-state index contributed by atoms with van der Waals surface area (Å²) in [6, 6.07) is 4.15. The smallest absolute Gasteiger partial charge is 0.224 e. The molecule has 1 spiro atoms. The molecule has 1 aromatic carbocycles. The number of aryl methyl sites for hydroxylation is 3. The molecule has 1 heterocycles. The summed E-state index contributed by atoms with van der Waals surface area (Å²) in [6.07, 6.45) is 3.63. The van der Waals surface area contributed by atoms with Crippen LogP contribution in [0.2, 0.25) is 0 Å². The first-order valence-corrected chi connectivity index (χ1v) is 8.97. The molecule has 3 rings (SSSR count). The average Bonchev–Trinajstić information content (AvgIpc) is 2.70. The first-order chi connectivity index (χ1) is 10.9. The molecule has 1 fully saturated rings. The molecule has 1 aliphatic heterocycles. The number of methoxy groups -OCH3 is 1. The summed E-state index contributed by atoms with van der Waals surface area (Å²) >= 11 is 1.30. The van der Waals surface area contributed by atoms with Gasteiger partial charge in [-0.15, -0.1) is 0 Å². The Bertz CT molecular complexity index is 669. The lowest BCUT2D eigenvalue weighted by Crippen LogP contribution is -2.36. The summed E-state index contributed by atoms with van der Waals surface area (Å²) in [5.41, 5.74) is 4.70. The van der Waals surface area contributed by atoms with Crippen LogP contribution < -0.4 is 0 Å². The van der Waals surface area contributed by atoms with E-state index in [0.717, 1.165) is 36.0 Å². The number of rotatable bonds is 2. The van der Waals surface area contributed by atoms with Gasteiger partial charge < -0.3 is 9.84 Å². The first-order valence-electron chi connectivity index (χ1n) is 8.16. The van der Waals surface area contributed by atoms with Crippen LogP contribution in [0.15, 0.2) is 17.9 Å². The Balaban J connectivity index is 2.10. The molecule has 0 radical (unpaired) electrons. The maximum atomic E-state index is 12.7. The van der Waals surface area contributed by atoms with Crippen molar-refractivity contribution < 1.29 is 14.6 Å². The van der Waals surface area contributed by atoms with Crippen LogP contribution in [0.4, 0.5) is 0 Å². The van der Waals surface area contributed by atoms with Gasteiger partial charge in [0.25, 0.3) is 0 Å². The zero-order chi connectivity index (χ0) is 16.8. The fourth-order valence-corrected chi connectivity index (χ4v) is 5.46. The van der Waals surface area contributed by atoms with Crippen molar-refractivity contribution in [2.75, 3.05) is 7.11 Å². The van der Waals surface area contributed by atoms with Crippen molar-refractivity contribution >= 4 is 22.5 Å². The van der Waals surface area contributed by atoms with E-state index >= 15 is 0 Å². The zero-order valence-corrected chi connectivity index (χ0v) is 15.0. The van der Waals surface area contributed by atoms with Crippen LogP contribution in [0, 0.1) is 20.8 Å². The third-order valence-corrected chi connectivity index (χ3v) is 6.43. The normalized spacial score (nSPS) is 28.0. The molecule has 124 valence electrons. The zero-order valence-electron chi connectivity index (χ0n) is 14.2. The number of carbonyl (C=O) groups excluding carboxylic acids is 1. The maximum absolute atomic E-state index is 12.7. The lowest BCUT2D eigenvalue weighted by atomic mass is 9.82. The molecule has 0 aromatic heterocycles. The van der Waals surface area contributed by atoms with Crippen molar-refractivity contribution in [2.24, 2.45) is 0 Å². The standard InChI is InChI=1S/C19H24O3S/c1-11-8-12(2)15(13(3)9-11)16-17(20)19(23-18(16)21)7-5-6-14(10-19)22-4/h8-9,14,20H,5-7,10H2,1-4H3. The topological polar surface area (TPSA) is 46.5 Å². The van der Waals surface area contributed by atoms with E-state index in [9.17, 15) is 9.90 Å². The van der Waals surface area contributed by atoms with Gasteiger partial charge >= 0.3 is 0 Å². The van der Waals surface area contributed by atoms with E-state index in [-0.39, 0.29) is 17.0 Å². The van der Waals surface area contributed by atoms with Crippen LogP contribution >= 0.6 is 11.8 Å². The van der Waals surface area contributed by atoms with Crippen molar-refractivity contribution in [1.29, 1.82) is 0 Å². The molecule has 23 heavy (non-hydrogen) atoms. The van der Waals surface area contributed by atoms with Crippen molar-refractivity contribution in [3.8, 4) is 0 Å². The minimum absolute atomic E-state index is 0.00527. The molecule has 2 aliphatic rings. The van der Waals surface area contributed by atoms with E-state index in [1.54, 1.807) is 7.11 Å². The van der Waals surface area contributed by atoms with Gasteiger partial charge in [0.1, 0.15) is 5.76 Å². The van der Waals surface area contributed by atoms with E-state index in [0.29, 0.717) is 12.0 Å². The third kappa shape index (κ3) is 2.72. The largest absolute Gasteiger partial charge is 0.510 e. The van der Waals surface area contributed by atoms with E-state index in [1.165, 1.54) is 17.3 Å². The van der Waals surface area contributed by atoms with E-state index < -0.39 is 4.75 Å². The average molecular weight is 332 g/mol. The summed E-state index contributed by atoms with van der Waals surface area (Å²) in [6.45, 7) is 6.07. The van der Waals surface area contributed by atoms with Gasteiger partial charge in [0.05, 0.1) is 16.4 Å². The molecule has 4 heteroatoms. The SMILES string of the molecule is COC1CCCC2(C1)SC(=O)C(c1c(C)cc(C)cc1C)=C2O. The Morgan fingerprint density at radius 3 is 2.52 bits per heavy atom. The predicted molar refractivity (Wildman–Crippen MR) is 94.8 cm³/mol. The van der Waals surface area contributed by atoms with Crippen LogP contribution in [0.3, 0.4) is 0 Å². The Kier molecular flexibility index (Phi) is 4.32. The Morgan fingerprint density at radius 1 is 1.26 bits per heavy atom. The van der Waals surface area contributed by atoms with Gasteiger partial charge in [0, 0.05) is 7.11 Å². The molecule has 0 amide bonds. The van der Waals surface area contributed by atoms with Crippen LogP contribution in [-0.2, 0) is 9.53 Å². The van der Waals surface area contributed by atoms with Crippen molar-refractivity contribution in [3.05, 3.63) is 40.1 Å². The van der Waals surface area contributed by atoms with Gasteiger partial charge in [-0.25, -0.2) is 0 Å². The highest BCUT2D eigenvalue weighted by atomic mass is 32.2. The second-order valence-electron chi connectivity index (χ2n) is 6.84. The maximum Gasteiger partial charge on any atom is 0.224 e. The fraction of sp³-hybridized carbons (Fsp3) is 0.526. The minimum Gasteiger partial charge on any atom is -0.510 e. The summed E-state index contributed by atoms with van der Waals surface area (Å²) in [5.74, 6) is 0.268. The summed E-state index contributed by atoms with van der Waals surface area (Å²) < 4.78 is 5.02. The highest BCUT2D eigenvalue weighted by molar-refractivity contribution is 8.16. The van der Waals surface area contributed by atoms with Gasteiger partial charge in [-0.3, -0.25) is 4.79 Å². The molecule has 1 aliphatic carbocycles. The van der Waals surface area contributed by atoms with Crippen LogP contribution in [0.5, 0.6) is 0 Å². The van der Waals surface area contributed by atoms with E-state index in [4.69, 9.17) is 4.74 Å². The van der Waals surface area contributed by atoms with Crippen molar-refractivity contribution in [3.63, 3.8) is 0 Å². The van der Waals surface area contributed by atoms with Crippen molar-refractivity contribution in [1.82, 2.24) is 0 Å². The van der Waals surface area contributed by atoms with Gasteiger partial charge in [-0.2, -0.15) is 0 Å². The number of thioether (sulfide) groups is 1. The molecule has 2 unspecified atom stereocenters. The molecule has 2 atom stereocenters. The molecular formula is C19H24O3S. The van der Waals surface area contributed by atoms with Gasteiger partial charge in [0.2, 0.25) is 5.12 Å². The van der Waals surface area contributed by atoms with Crippen LogP contribution in [0.25, 0.3) is 5.57 Å². The Morgan fingerprint density at radius 2 is 1.91 bits per heavy atom. The number of carbonyl (C=O) groups is 1. The summed E-state index contributed by atoms with van der Waals surface area (Å²) in [7, 11) is 1.71. The molecule has 0 saturated heterocycles. The van der Waals surface area contributed by atoms with E-state index in [1.807, 2.05) is 13.8 Å². The van der Waals surface area contributed by atoms with Gasteiger partial charge in [0.15, 0.2) is 0 Å². The predicted octanol–water partition coefficient (Wildman–Crippen LogP) is 4.48. The molecular weight excluding hydrogens is 308 g/mol. The third-order valence-electron chi connectivity index (χ3n) is 5.09. The van der Waals surface area contributed by atoms with Gasteiger partial charge in [-0.05, 0) is 63.1 Å². The molecule has 1 saturated carbocycles. The lowest BCUT2D eigenvalue weighted by Gasteiger charge is -2.36. The molecule has 1 aromatic rings. The highest BCUT2D eigenvalue weighted by Crippen LogP contribution is 2.54. The highest BCUT2D eigenvalue weighted by Gasteiger charge is 2.50. The monoisotopic (exact) mass is 332 g/mol. The number of hydrogen-bond donors (Lipinski definition) is 1. The number of aliphatic hydroxyl groups is 1. The van der Waals surface area contributed by atoms with Crippen LogP contribution in [0.1, 0.15) is 47.9 Å². The number of hydrogen-bond acceptors (Lipinski definition) is 4. The summed E-state index contributed by atoms with van der Waals surface area (Å²) in [4.78, 5) is 12.7. The second-order valence-corrected chi connectivity index (χ2v) is 8.19. The quantitative estimate of drug-likeness (QED) is 0.867. The molecule has 3 nitrogen and oxygen atoms in total. The number of benzene rings is 1. The van der Waals surface area contributed by atoms with Gasteiger partial charge in [-0.1, -0.05) is 29.5 Å². The van der Waals surface area contributed by atoms with Crippen LogP contribution in [-0.4, -0.2) is 28.2 Å². The summed E-state index contributed by atoms with van der Waals surface area (Å²) in [5, 5.41) is 11.0. The fourth-order valence-electron chi connectivity index (χ4n) is 4.09.